The molecule has 0 aliphatic carbocycles. The monoisotopic (exact) mass is 426 g/mol. The van der Waals surface area contributed by atoms with E-state index in [0.717, 1.165) is 12.1 Å². The first-order valence-electron chi connectivity index (χ1n) is 10.0. The van der Waals surface area contributed by atoms with Gasteiger partial charge in [0.25, 0.3) is 0 Å². The second-order valence-electron chi connectivity index (χ2n) is 7.51. The number of halogens is 1. The Balaban J connectivity index is 1.61. The average molecular weight is 427 g/mol. The van der Waals surface area contributed by atoms with Gasteiger partial charge in [-0.1, -0.05) is 0 Å². The molecule has 2 aliphatic rings. The first kappa shape index (κ1) is 21.7. The van der Waals surface area contributed by atoms with Crippen LogP contribution in [0.25, 0.3) is 0 Å². The molecule has 0 aromatic heterocycles. The minimum absolute atomic E-state index is 0.0299. The van der Waals surface area contributed by atoms with Crippen LogP contribution in [0, 0.1) is 17.7 Å². The van der Waals surface area contributed by atoms with E-state index in [-0.39, 0.29) is 29.2 Å². The lowest BCUT2D eigenvalue weighted by molar-refractivity contribution is -0.152. The zero-order valence-electron chi connectivity index (χ0n) is 16.5. The largest absolute Gasteiger partial charge is 0.466 e. The third-order valence-corrected chi connectivity index (χ3v) is 7.49. The van der Waals surface area contributed by atoms with E-state index in [1.54, 1.807) is 11.8 Å². The van der Waals surface area contributed by atoms with Gasteiger partial charge in [0, 0.05) is 26.2 Å². The molecule has 3 rings (SSSR count). The van der Waals surface area contributed by atoms with Crippen molar-refractivity contribution in [3.63, 3.8) is 0 Å². The van der Waals surface area contributed by atoms with Crippen molar-refractivity contribution in [1.82, 2.24) is 9.21 Å². The third-order valence-electron chi connectivity index (χ3n) is 5.61. The molecule has 1 atom stereocenters. The Morgan fingerprint density at radius 2 is 1.72 bits per heavy atom. The van der Waals surface area contributed by atoms with Crippen molar-refractivity contribution in [1.29, 1.82) is 0 Å². The fourth-order valence-electron chi connectivity index (χ4n) is 3.97. The normalized spacial score (nSPS) is 21.7. The summed E-state index contributed by atoms with van der Waals surface area (Å²) in [7, 11) is -3.77. The first-order valence-corrected chi connectivity index (χ1v) is 11.5. The number of hydrogen-bond acceptors (Lipinski definition) is 5. The van der Waals surface area contributed by atoms with E-state index in [0.29, 0.717) is 51.9 Å². The second-order valence-corrected chi connectivity index (χ2v) is 9.45. The van der Waals surface area contributed by atoms with Crippen LogP contribution in [0.2, 0.25) is 0 Å². The molecule has 2 aliphatic heterocycles. The van der Waals surface area contributed by atoms with E-state index >= 15 is 0 Å². The number of esters is 1. The maximum atomic E-state index is 13.1. The molecule has 2 fully saturated rings. The minimum Gasteiger partial charge on any atom is -0.466 e. The van der Waals surface area contributed by atoms with Crippen molar-refractivity contribution >= 4 is 21.9 Å². The van der Waals surface area contributed by atoms with E-state index in [2.05, 4.69) is 0 Å². The highest BCUT2D eigenvalue weighted by atomic mass is 32.2. The smallest absolute Gasteiger partial charge is 0.309 e. The average Bonchev–Trinajstić information content (AvgIpc) is 2.74. The summed E-state index contributed by atoms with van der Waals surface area (Å²) in [5.41, 5.74) is 0. The number of carbonyl (C=O) groups is 2. The number of carbonyl (C=O) groups excluding carboxylic acids is 2. The molecule has 29 heavy (non-hydrogen) atoms. The molecule has 0 N–H and O–H groups in total. The fraction of sp³-hybridized carbons (Fsp3) is 0.600. The van der Waals surface area contributed by atoms with Gasteiger partial charge in [-0.2, -0.15) is 4.31 Å². The lowest BCUT2D eigenvalue weighted by Gasteiger charge is -2.37. The van der Waals surface area contributed by atoms with E-state index in [9.17, 15) is 22.4 Å². The molecule has 1 aromatic rings. The summed E-state index contributed by atoms with van der Waals surface area (Å²) in [6.07, 6.45) is 2.35. The van der Waals surface area contributed by atoms with Crippen LogP contribution in [-0.4, -0.2) is 62.3 Å². The van der Waals surface area contributed by atoms with Crippen LogP contribution in [0.1, 0.15) is 32.6 Å². The highest BCUT2D eigenvalue weighted by molar-refractivity contribution is 7.89. The SMILES string of the molecule is CCOC(=O)C1CCN(C(=O)C2CCCN(S(=O)(=O)c3ccc(F)cc3)C2)CC1. The van der Waals surface area contributed by atoms with E-state index in [1.165, 1.54) is 16.4 Å². The van der Waals surface area contributed by atoms with Crippen LogP contribution < -0.4 is 0 Å². The predicted molar refractivity (Wildman–Crippen MR) is 104 cm³/mol. The molecule has 0 radical (unpaired) electrons. The third kappa shape index (κ3) is 4.95. The van der Waals surface area contributed by atoms with Crippen LogP contribution >= 0.6 is 0 Å². The van der Waals surface area contributed by atoms with Crippen molar-refractivity contribution in [3.8, 4) is 0 Å². The molecule has 9 heteroatoms. The van der Waals surface area contributed by atoms with Crippen LogP contribution in [0.5, 0.6) is 0 Å². The Bertz CT molecular complexity index is 835. The fourth-order valence-corrected chi connectivity index (χ4v) is 5.50. The summed E-state index contributed by atoms with van der Waals surface area (Å²) in [6.45, 7) is 3.53. The van der Waals surface area contributed by atoms with E-state index < -0.39 is 21.8 Å². The Kier molecular flexibility index (Phi) is 6.89. The van der Waals surface area contributed by atoms with Gasteiger partial charge in [0.05, 0.1) is 23.3 Å². The Morgan fingerprint density at radius 3 is 2.34 bits per heavy atom. The summed E-state index contributed by atoms with van der Waals surface area (Å²) in [5.74, 6) is -1.36. The summed E-state index contributed by atoms with van der Waals surface area (Å²) in [5, 5.41) is 0. The number of amides is 1. The minimum atomic E-state index is -3.77. The van der Waals surface area contributed by atoms with Gasteiger partial charge in [-0.05, 0) is 56.9 Å². The molecule has 0 spiro atoms. The maximum Gasteiger partial charge on any atom is 0.309 e. The van der Waals surface area contributed by atoms with Gasteiger partial charge in [0.2, 0.25) is 15.9 Å². The van der Waals surface area contributed by atoms with Crippen molar-refractivity contribution in [3.05, 3.63) is 30.1 Å². The number of hydrogen-bond donors (Lipinski definition) is 0. The van der Waals surface area contributed by atoms with Gasteiger partial charge in [-0.3, -0.25) is 9.59 Å². The van der Waals surface area contributed by atoms with E-state index in [4.69, 9.17) is 4.74 Å². The molecule has 1 aromatic carbocycles. The molecule has 0 bridgehead atoms. The number of nitrogens with zero attached hydrogens (tertiary/aromatic N) is 2. The van der Waals surface area contributed by atoms with Crippen LogP contribution in [0.3, 0.4) is 0 Å². The quantitative estimate of drug-likeness (QED) is 0.673. The van der Waals surface area contributed by atoms with Gasteiger partial charge >= 0.3 is 5.97 Å². The topological polar surface area (TPSA) is 84.0 Å². The summed E-state index contributed by atoms with van der Waals surface area (Å²) >= 11 is 0. The Morgan fingerprint density at radius 1 is 1.07 bits per heavy atom. The van der Waals surface area contributed by atoms with Crippen LogP contribution in [-0.2, 0) is 24.3 Å². The Hall–Kier alpha value is -2.00. The zero-order chi connectivity index (χ0) is 21.0. The van der Waals surface area contributed by atoms with Gasteiger partial charge in [0.1, 0.15) is 5.82 Å². The van der Waals surface area contributed by atoms with Gasteiger partial charge in [-0.25, -0.2) is 12.8 Å². The molecular formula is C20H27FN2O5S. The number of likely N-dealkylation sites (tertiary alicyclic amines) is 1. The van der Waals surface area contributed by atoms with Gasteiger partial charge < -0.3 is 9.64 Å². The lowest BCUT2D eigenvalue weighted by atomic mass is 9.93. The van der Waals surface area contributed by atoms with Gasteiger partial charge in [0.15, 0.2) is 0 Å². The molecule has 160 valence electrons. The van der Waals surface area contributed by atoms with Crippen LogP contribution in [0.4, 0.5) is 4.39 Å². The molecule has 1 unspecified atom stereocenters. The summed E-state index contributed by atoms with van der Waals surface area (Å²) in [6, 6.07) is 4.73. The van der Waals surface area contributed by atoms with Crippen molar-refractivity contribution in [2.45, 2.75) is 37.5 Å². The standard InChI is InChI=1S/C20H27FN2O5S/c1-2-28-20(25)15-9-12-22(13-10-15)19(24)16-4-3-11-23(14-16)29(26,27)18-7-5-17(21)6-8-18/h5-8,15-16H,2-4,9-14H2,1H3. The number of rotatable bonds is 5. The molecular weight excluding hydrogens is 399 g/mol. The highest BCUT2D eigenvalue weighted by Crippen LogP contribution is 2.27. The van der Waals surface area contributed by atoms with Crippen molar-refractivity contribution in [2.75, 3.05) is 32.8 Å². The molecule has 1 amide bonds. The first-order chi connectivity index (χ1) is 13.8. The predicted octanol–water partition coefficient (Wildman–Crippen LogP) is 2.03. The maximum absolute atomic E-state index is 13.1. The second kappa shape index (κ2) is 9.21. The summed E-state index contributed by atoms with van der Waals surface area (Å²) < 4.78 is 45.2. The van der Waals surface area contributed by atoms with Gasteiger partial charge in [-0.15, -0.1) is 0 Å². The zero-order valence-corrected chi connectivity index (χ0v) is 17.4. The Labute approximate surface area is 170 Å². The van der Waals surface area contributed by atoms with E-state index in [1.807, 2.05) is 0 Å². The molecule has 2 saturated heterocycles. The van der Waals surface area contributed by atoms with Crippen molar-refractivity contribution in [2.24, 2.45) is 11.8 Å². The number of sulfonamides is 1. The molecule has 7 nitrogen and oxygen atoms in total. The number of piperidine rings is 2. The molecule has 2 heterocycles. The van der Waals surface area contributed by atoms with Crippen LogP contribution in [0.15, 0.2) is 29.2 Å². The summed E-state index contributed by atoms with van der Waals surface area (Å²) in [4.78, 5) is 26.6. The number of benzene rings is 1. The molecule has 0 saturated carbocycles. The van der Waals surface area contributed by atoms with Crippen molar-refractivity contribution < 1.29 is 27.1 Å². The highest BCUT2D eigenvalue weighted by Gasteiger charge is 2.36. The lowest BCUT2D eigenvalue weighted by Crippen LogP contribution is -2.49. The number of ether oxygens (including phenoxy) is 1.